The molecule has 25 heavy (non-hydrogen) atoms. The summed E-state index contributed by atoms with van der Waals surface area (Å²) in [5.41, 5.74) is 1.21. The zero-order valence-electron chi connectivity index (χ0n) is 14.8. The smallest absolute Gasteiger partial charge is 0.250 e. The predicted molar refractivity (Wildman–Crippen MR) is 97.5 cm³/mol. The van der Waals surface area contributed by atoms with E-state index in [9.17, 15) is 9.59 Å². The van der Waals surface area contributed by atoms with Crippen molar-refractivity contribution in [3.8, 4) is 0 Å². The van der Waals surface area contributed by atoms with Crippen LogP contribution in [0.2, 0.25) is 0 Å². The second kappa shape index (κ2) is 6.33. The number of para-hydroxylation sites is 2. The number of benzene rings is 1. The van der Waals surface area contributed by atoms with E-state index in [0.29, 0.717) is 25.9 Å². The highest BCUT2D eigenvalue weighted by Gasteiger charge is 2.45. The monoisotopic (exact) mass is 342 g/mol. The fraction of sp³-hybridized carbons (Fsp3) is 0.579. The van der Waals surface area contributed by atoms with Gasteiger partial charge in [0.05, 0.1) is 17.3 Å². The average molecular weight is 342 g/mol. The quantitative estimate of drug-likeness (QED) is 0.816. The van der Waals surface area contributed by atoms with Crippen molar-refractivity contribution in [1.29, 1.82) is 0 Å². The third-order valence-corrected chi connectivity index (χ3v) is 5.89. The molecule has 6 heteroatoms. The molecule has 0 unspecified atom stereocenters. The van der Waals surface area contributed by atoms with Gasteiger partial charge in [-0.05, 0) is 51.4 Å². The lowest BCUT2D eigenvalue weighted by Crippen LogP contribution is -2.59. The first kappa shape index (κ1) is 16.4. The van der Waals surface area contributed by atoms with Crippen LogP contribution < -0.4 is 10.6 Å². The van der Waals surface area contributed by atoms with Gasteiger partial charge in [-0.1, -0.05) is 12.1 Å². The van der Waals surface area contributed by atoms with Crippen LogP contribution in [0.4, 0.5) is 11.4 Å². The number of fused-ring (bicyclic) bond motifs is 1. The number of hydrogen-bond acceptors (Lipinski definition) is 4. The molecule has 0 radical (unpaired) electrons. The summed E-state index contributed by atoms with van der Waals surface area (Å²) in [5, 5.41) is 6.47. The fourth-order valence-corrected chi connectivity index (χ4v) is 4.34. The van der Waals surface area contributed by atoms with Crippen LogP contribution in [0.25, 0.3) is 0 Å². The number of nitrogens with one attached hydrogen (secondary N) is 2. The normalized spacial score (nSPS) is 25.9. The van der Waals surface area contributed by atoms with E-state index in [-0.39, 0.29) is 17.7 Å². The van der Waals surface area contributed by atoms with Crippen LogP contribution in [0.3, 0.4) is 0 Å². The van der Waals surface area contributed by atoms with E-state index >= 15 is 0 Å². The van der Waals surface area contributed by atoms with E-state index in [1.165, 1.54) is 0 Å². The summed E-state index contributed by atoms with van der Waals surface area (Å²) in [6, 6.07) is 7.79. The number of anilines is 2. The highest BCUT2D eigenvalue weighted by atomic mass is 16.2. The van der Waals surface area contributed by atoms with E-state index in [2.05, 4.69) is 22.6 Å². The van der Waals surface area contributed by atoms with Crippen LogP contribution in [0.5, 0.6) is 0 Å². The first-order valence-electron chi connectivity index (χ1n) is 9.23. The van der Waals surface area contributed by atoms with Gasteiger partial charge in [-0.15, -0.1) is 0 Å². The van der Waals surface area contributed by atoms with Crippen LogP contribution in [-0.4, -0.2) is 60.4 Å². The molecule has 1 atom stereocenters. The fourth-order valence-electron chi connectivity index (χ4n) is 4.34. The standard InChI is InChI=1S/C19H26N4O2/c1-22-10-4-5-14(13-22)17(24)23-11-8-19(9-12-23)18(25)20-15-6-2-3-7-16(15)21-19/h2-3,6-7,14,21H,4-5,8-13H2,1H3,(H,20,25)/t14-/m1/s1. The molecule has 3 heterocycles. The van der Waals surface area contributed by atoms with Crippen molar-refractivity contribution in [2.45, 2.75) is 31.2 Å². The van der Waals surface area contributed by atoms with Crippen molar-refractivity contribution >= 4 is 23.2 Å². The van der Waals surface area contributed by atoms with Gasteiger partial charge < -0.3 is 20.4 Å². The van der Waals surface area contributed by atoms with Gasteiger partial charge in [-0.25, -0.2) is 0 Å². The first-order chi connectivity index (χ1) is 12.1. The Morgan fingerprint density at radius 1 is 1.16 bits per heavy atom. The maximum absolute atomic E-state index is 12.8. The van der Waals surface area contributed by atoms with E-state index in [1.54, 1.807) is 0 Å². The molecule has 6 nitrogen and oxygen atoms in total. The molecule has 1 spiro atoms. The van der Waals surface area contributed by atoms with Gasteiger partial charge in [0.1, 0.15) is 5.54 Å². The van der Waals surface area contributed by atoms with E-state index < -0.39 is 5.54 Å². The van der Waals surface area contributed by atoms with Crippen molar-refractivity contribution < 1.29 is 9.59 Å². The van der Waals surface area contributed by atoms with E-state index in [0.717, 1.165) is 37.3 Å². The molecule has 1 aromatic rings. The molecule has 2 N–H and O–H groups in total. The SMILES string of the molecule is CN1CCC[C@@H](C(=O)N2CCC3(CC2)Nc2ccccc2NC3=O)C1. The van der Waals surface area contributed by atoms with Gasteiger partial charge in [0.2, 0.25) is 11.8 Å². The minimum absolute atomic E-state index is 0.0238. The largest absolute Gasteiger partial charge is 0.369 e. The van der Waals surface area contributed by atoms with Crippen molar-refractivity contribution in [3.05, 3.63) is 24.3 Å². The lowest BCUT2D eigenvalue weighted by Gasteiger charge is -2.45. The molecular weight excluding hydrogens is 316 g/mol. The summed E-state index contributed by atoms with van der Waals surface area (Å²) in [6.45, 7) is 3.21. The molecule has 2 amide bonds. The second-order valence-corrected chi connectivity index (χ2v) is 7.63. The van der Waals surface area contributed by atoms with Crippen molar-refractivity contribution in [2.24, 2.45) is 5.92 Å². The van der Waals surface area contributed by atoms with Crippen LogP contribution in [0, 0.1) is 5.92 Å². The molecular formula is C19H26N4O2. The second-order valence-electron chi connectivity index (χ2n) is 7.63. The molecule has 0 aliphatic carbocycles. The number of carbonyl (C=O) groups excluding carboxylic acids is 2. The van der Waals surface area contributed by atoms with Crippen LogP contribution in [-0.2, 0) is 9.59 Å². The number of hydrogen-bond donors (Lipinski definition) is 2. The minimum Gasteiger partial charge on any atom is -0.369 e. The Bertz CT molecular complexity index is 682. The highest BCUT2D eigenvalue weighted by Crippen LogP contribution is 2.36. The van der Waals surface area contributed by atoms with Gasteiger partial charge in [-0.3, -0.25) is 9.59 Å². The third kappa shape index (κ3) is 2.99. The molecule has 0 aromatic heterocycles. The lowest BCUT2D eigenvalue weighted by molar-refractivity contribution is -0.140. The minimum atomic E-state index is -0.589. The summed E-state index contributed by atoms with van der Waals surface area (Å²) in [6.07, 6.45) is 3.38. The van der Waals surface area contributed by atoms with Gasteiger partial charge in [-0.2, -0.15) is 0 Å². The zero-order chi connectivity index (χ0) is 17.4. The van der Waals surface area contributed by atoms with Crippen molar-refractivity contribution in [1.82, 2.24) is 9.80 Å². The first-order valence-corrected chi connectivity index (χ1v) is 9.23. The summed E-state index contributed by atoms with van der Waals surface area (Å²) in [4.78, 5) is 29.7. The number of rotatable bonds is 1. The summed E-state index contributed by atoms with van der Waals surface area (Å²) in [7, 11) is 2.08. The van der Waals surface area contributed by atoms with Gasteiger partial charge in [0.25, 0.3) is 0 Å². The van der Waals surface area contributed by atoms with Crippen LogP contribution >= 0.6 is 0 Å². The molecule has 0 saturated carbocycles. The molecule has 3 aliphatic heterocycles. The maximum Gasteiger partial charge on any atom is 0.250 e. The number of piperidine rings is 2. The summed E-state index contributed by atoms with van der Waals surface area (Å²) >= 11 is 0. The Hall–Kier alpha value is -2.08. The highest BCUT2D eigenvalue weighted by molar-refractivity contribution is 6.06. The molecule has 0 bridgehead atoms. The third-order valence-electron chi connectivity index (χ3n) is 5.89. The predicted octanol–water partition coefficient (Wildman–Crippen LogP) is 1.75. The Labute approximate surface area is 148 Å². The molecule has 2 saturated heterocycles. The van der Waals surface area contributed by atoms with Gasteiger partial charge in [0, 0.05) is 19.6 Å². The molecule has 4 rings (SSSR count). The zero-order valence-corrected chi connectivity index (χ0v) is 14.8. The van der Waals surface area contributed by atoms with Crippen LogP contribution in [0.15, 0.2) is 24.3 Å². The summed E-state index contributed by atoms with van der Waals surface area (Å²) in [5.74, 6) is 0.399. The molecule has 2 fully saturated rings. The van der Waals surface area contributed by atoms with Gasteiger partial charge in [0.15, 0.2) is 0 Å². The number of carbonyl (C=O) groups is 2. The number of nitrogens with zero attached hydrogens (tertiary/aromatic N) is 2. The Morgan fingerprint density at radius 3 is 2.60 bits per heavy atom. The number of amides is 2. The Morgan fingerprint density at radius 2 is 1.88 bits per heavy atom. The van der Waals surface area contributed by atoms with E-state index in [1.807, 2.05) is 29.2 Å². The Kier molecular flexibility index (Phi) is 4.15. The maximum atomic E-state index is 12.8. The topological polar surface area (TPSA) is 64.7 Å². The van der Waals surface area contributed by atoms with Crippen molar-refractivity contribution in [3.63, 3.8) is 0 Å². The van der Waals surface area contributed by atoms with Crippen LogP contribution in [0.1, 0.15) is 25.7 Å². The van der Waals surface area contributed by atoms with Gasteiger partial charge >= 0.3 is 0 Å². The Balaban J connectivity index is 1.43. The summed E-state index contributed by atoms with van der Waals surface area (Å²) < 4.78 is 0. The molecule has 134 valence electrons. The number of likely N-dealkylation sites (tertiary alicyclic amines) is 2. The average Bonchev–Trinajstić information content (AvgIpc) is 2.63. The molecule has 3 aliphatic rings. The lowest BCUT2D eigenvalue weighted by atomic mass is 9.83. The van der Waals surface area contributed by atoms with Crippen molar-refractivity contribution in [2.75, 3.05) is 43.9 Å². The van der Waals surface area contributed by atoms with E-state index in [4.69, 9.17) is 0 Å². The molecule has 1 aromatic carbocycles.